The Morgan fingerprint density at radius 2 is 1.84 bits per heavy atom. The van der Waals surface area contributed by atoms with E-state index < -0.39 is 0 Å². The predicted octanol–water partition coefficient (Wildman–Crippen LogP) is 2.56. The molecule has 0 aromatic heterocycles. The first-order valence-electron chi connectivity index (χ1n) is 9.33. The summed E-state index contributed by atoms with van der Waals surface area (Å²) in [6.45, 7) is 6.66. The quantitative estimate of drug-likeness (QED) is 0.859. The van der Waals surface area contributed by atoms with Crippen molar-refractivity contribution in [2.45, 2.75) is 12.8 Å². The first kappa shape index (κ1) is 16.6. The minimum absolute atomic E-state index is 0.264. The highest BCUT2D eigenvalue weighted by Crippen LogP contribution is 2.21. The lowest BCUT2D eigenvalue weighted by Gasteiger charge is -2.29. The molecule has 4 rings (SSSR count). The highest BCUT2D eigenvalue weighted by atomic mass is 16.5. The summed E-state index contributed by atoms with van der Waals surface area (Å²) in [6, 6.07) is 14.7. The Morgan fingerprint density at radius 1 is 1.04 bits per heavy atom. The van der Waals surface area contributed by atoms with E-state index in [1.807, 2.05) is 12.1 Å². The van der Waals surface area contributed by atoms with Crippen LogP contribution in [0.4, 0.5) is 0 Å². The highest BCUT2D eigenvalue weighted by molar-refractivity contribution is 5.85. The zero-order valence-corrected chi connectivity index (χ0v) is 14.7. The van der Waals surface area contributed by atoms with Crippen LogP contribution in [0, 0.1) is 5.92 Å². The van der Waals surface area contributed by atoms with E-state index in [-0.39, 0.29) is 5.91 Å². The van der Waals surface area contributed by atoms with Crippen molar-refractivity contribution in [3.8, 4) is 0 Å². The summed E-state index contributed by atoms with van der Waals surface area (Å²) in [7, 11) is 0. The van der Waals surface area contributed by atoms with Crippen molar-refractivity contribution in [1.82, 2.24) is 9.80 Å². The zero-order chi connectivity index (χ0) is 17.1. The van der Waals surface area contributed by atoms with Gasteiger partial charge in [-0.25, -0.2) is 0 Å². The number of amides is 1. The molecule has 1 amide bonds. The second-order valence-electron chi connectivity index (χ2n) is 7.27. The van der Waals surface area contributed by atoms with Crippen molar-refractivity contribution in [3.05, 3.63) is 48.0 Å². The average Bonchev–Trinajstić information content (AvgIpc) is 3.11. The molecule has 2 fully saturated rings. The molecule has 1 atom stereocenters. The van der Waals surface area contributed by atoms with Gasteiger partial charge in [-0.2, -0.15) is 0 Å². The van der Waals surface area contributed by atoms with Crippen LogP contribution in [0.25, 0.3) is 10.8 Å². The van der Waals surface area contributed by atoms with Gasteiger partial charge >= 0.3 is 0 Å². The van der Waals surface area contributed by atoms with Gasteiger partial charge in [-0.15, -0.1) is 0 Å². The number of nitrogens with zero attached hydrogens (tertiary/aromatic N) is 2. The van der Waals surface area contributed by atoms with Crippen molar-refractivity contribution in [2.24, 2.45) is 5.92 Å². The lowest BCUT2D eigenvalue weighted by molar-refractivity contribution is -0.129. The molecule has 25 heavy (non-hydrogen) atoms. The summed E-state index contributed by atoms with van der Waals surface area (Å²) >= 11 is 0. The predicted molar refractivity (Wildman–Crippen MR) is 99.6 cm³/mol. The van der Waals surface area contributed by atoms with Crippen LogP contribution in [-0.2, 0) is 16.0 Å². The van der Waals surface area contributed by atoms with E-state index >= 15 is 0 Å². The van der Waals surface area contributed by atoms with Gasteiger partial charge in [0.15, 0.2) is 0 Å². The Morgan fingerprint density at radius 3 is 2.68 bits per heavy atom. The maximum absolute atomic E-state index is 12.7. The normalized spacial score (nSPS) is 21.8. The number of hydrogen-bond donors (Lipinski definition) is 0. The number of benzene rings is 2. The third kappa shape index (κ3) is 4.02. The zero-order valence-electron chi connectivity index (χ0n) is 14.7. The molecule has 0 saturated carbocycles. The molecule has 2 aliphatic heterocycles. The van der Waals surface area contributed by atoms with Gasteiger partial charge in [0.25, 0.3) is 0 Å². The van der Waals surface area contributed by atoms with E-state index in [0.717, 1.165) is 57.9 Å². The Hall–Kier alpha value is -1.91. The number of ether oxygens (including phenoxy) is 1. The average molecular weight is 338 g/mol. The summed E-state index contributed by atoms with van der Waals surface area (Å²) in [4.78, 5) is 17.2. The first-order chi connectivity index (χ1) is 12.3. The Bertz CT molecular complexity index is 740. The van der Waals surface area contributed by atoms with Crippen molar-refractivity contribution in [3.63, 3.8) is 0 Å². The molecule has 2 aromatic carbocycles. The lowest BCUT2D eigenvalue weighted by Crippen LogP contribution is -2.40. The summed E-state index contributed by atoms with van der Waals surface area (Å²) in [5, 5.41) is 2.44. The van der Waals surface area contributed by atoms with Crippen LogP contribution in [0.5, 0.6) is 0 Å². The van der Waals surface area contributed by atoms with Crippen LogP contribution in [-0.4, -0.2) is 61.6 Å². The van der Waals surface area contributed by atoms with E-state index in [9.17, 15) is 4.79 Å². The molecule has 0 unspecified atom stereocenters. The molecule has 0 N–H and O–H groups in total. The van der Waals surface area contributed by atoms with Gasteiger partial charge in [0.2, 0.25) is 5.91 Å². The number of fused-ring (bicyclic) bond motifs is 1. The minimum atomic E-state index is 0.264. The van der Waals surface area contributed by atoms with Crippen molar-refractivity contribution in [1.29, 1.82) is 0 Å². The Kier molecular flexibility index (Phi) is 4.99. The van der Waals surface area contributed by atoms with Crippen LogP contribution >= 0.6 is 0 Å². The van der Waals surface area contributed by atoms with Gasteiger partial charge in [0.1, 0.15) is 0 Å². The van der Waals surface area contributed by atoms with Gasteiger partial charge in [0.05, 0.1) is 19.6 Å². The van der Waals surface area contributed by atoms with E-state index in [4.69, 9.17) is 4.74 Å². The number of carbonyl (C=O) groups is 1. The van der Waals surface area contributed by atoms with Crippen LogP contribution < -0.4 is 0 Å². The monoisotopic (exact) mass is 338 g/mol. The summed E-state index contributed by atoms with van der Waals surface area (Å²) < 4.78 is 5.41. The van der Waals surface area contributed by atoms with Crippen LogP contribution in [0.3, 0.4) is 0 Å². The third-order valence-corrected chi connectivity index (χ3v) is 5.43. The fourth-order valence-electron chi connectivity index (χ4n) is 3.99. The second-order valence-corrected chi connectivity index (χ2v) is 7.27. The number of rotatable bonds is 4. The molecule has 2 heterocycles. The maximum Gasteiger partial charge on any atom is 0.226 e. The van der Waals surface area contributed by atoms with Crippen LogP contribution in [0.2, 0.25) is 0 Å². The van der Waals surface area contributed by atoms with Gasteiger partial charge in [0, 0.05) is 32.7 Å². The second kappa shape index (κ2) is 7.54. The smallest absolute Gasteiger partial charge is 0.226 e. The van der Waals surface area contributed by atoms with Crippen LogP contribution in [0.15, 0.2) is 42.5 Å². The number of hydrogen-bond acceptors (Lipinski definition) is 3. The van der Waals surface area contributed by atoms with E-state index in [0.29, 0.717) is 12.3 Å². The summed E-state index contributed by atoms with van der Waals surface area (Å²) in [5.41, 5.74) is 1.11. The van der Waals surface area contributed by atoms with Crippen molar-refractivity contribution in [2.75, 3.05) is 45.9 Å². The fourth-order valence-corrected chi connectivity index (χ4v) is 3.99. The molecule has 2 aliphatic rings. The van der Waals surface area contributed by atoms with E-state index in [1.54, 1.807) is 0 Å². The van der Waals surface area contributed by atoms with Gasteiger partial charge in [-0.1, -0.05) is 42.5 Å². The van der Waals surface area contributed by atoms with E-state index in [2.05, 4.69) is 40.1 Å². The topological polar surface area (TPSA) is 32.8 Å². The highest BCUT2D eigenvalue weighted by Gasteiger charge is 2.28. The molecular formula is C21H26N2O2. The molecule has 0 bridgehead atoms. The molecule has 2 aromatic rings. The number of likely N-dealkylation sites (tertiary alicyclic amines) is 1. The summed E-state index contributed by atoms with van der Waals surface area (Å²) in [5.74, 6) is 0.874. The Labute approximate surface area is 149 Å². The molecule has 4 heteroatoms. The number of morpholine rings is 1. The molecule has 132 valence electrons. The van der Waals surface area contributed by atoms with Gasteiger partial charge < -0.3 is 9.64 Å². The van der Waals surface area contributed by atoms with Crippen molar-refractivity contribution >= 4 is 16.7 Å². The third-order valence-electron chi connectivity index (χ3n) is 5.43. The molecule has 4 nitrogen and oxygen atoms in total. The van der Waals surface area contributed by atoms with Crippen LogP contribution in [0.1, 0.15) is 12.0 Å². The largest absolute Gasteiger partial charge is 0.379 e. The Balaban J connectivity index is 1.33. The van der Waals surface area contributed by atoms with Gasteiger partial charge in [-0.3, -0.25) is 9.69 Å². The standard InChI is InChI=1S/C21H26N2O2/c24-21(14-17-5-6-19-3-1-2-4-20(19)13-17)23-8-7-18(16-23)15-22-9-11-25-12-10-22/h1-6,13,18H,7-12,14-16H2/t18-/m1/s1. The molecule has 0 radical (unpaired) electrons. The maximum atomic E-state index is 12.7. The van der Waals surface area contributed by atoms with E-state index in [1.165, 1.54) is 10.8 Å². The summed E-state index contributed by atoms with van der Waals surface area (Å²) in [6.07, 6.45) is 1.63. The molecule has 2 saturated heterocycles. The first-order valence-corrected chi connectivity index (χ1v) is 9.33. The van der Waals surface area contributed by atoms with Gasteiger partial charge in [-0.05, 0) is 28.7 Å². The molecular weight excluding hydrogens is 312 g/mol. The lowest BCUT2D eigenvalue weighted by atomic mass is 10.0. The molecule has 0 aliphatic carbocycles. The number of carbonyl (C=O) groups excluding carboxylic acids is 1. The molecule has 0 spiro atoms. The van der Waals surface area contributed by atoms with Crippen molar-refractivity contribution < 1.29 is 9.53 Å². The minimum Gasteiger partial charge on any atom is -0.379 e. The fraction of sp³-hybridized carbons (Fsp3) is 0.476. The SMILES string of the molecule is O=C(Cc1ccc2ccccc2c1)N1CC[C@H](CN2CCOCC2)C1.